The average Bonchev–Trinajstić information content (AvgIpc) is 3.16. The smallest absolute Gasteiger partial charge is 0.411 e. The van der Waals surface area contributed by atoms with Crippen molar-refractivity contribution in [3.63, 3.8) is 0 Å². The van der Waals surface area contributed by atoms with Crippen LogP contribution in [0.5, 0.6) is 0 Å². The van der Waals surface area contributed by atoms with Crippen LogP contribution < -0.4 is 0 Å². The number of aromatic nitrogens is 1. The molecule has 5 rings (SSSR count). The maximum atomic E-state index is 13.3. The minimum absolute atomic E-state index is 0.111. The van der Waals surface area contributed by atoms with Crippen LogP contribution in [0.2, 0.25) is 0 Å². The van der Waals surface area contributed by atoms with Crippen LogP contribution in [0, 0.1) is 17.3 Å². The molecule has 0 spiro atoms. The molecule has 33 heavy (non-hydrogen) atoms. The third kappa shape index (κ3) is 4.28. The molecular formula is C25H32F3N3O2. The van der Waals surface area contributed by atoms with Gasteiger partial charge in [0.15, 0.2) is 0 Å². The summed E-state index contributed by atoms with van der Waals surface area (Å²) in [6.07, 6.45) is 2.04. The Hall–Kier alpha value is -2.06. The number of H-pyrrole nitrogens is 1. The van der Waals surface area contributed by atoms with Crippen LogP contribution in [-0.2, 0) is 17.3 Å². The number of hydrogen-bond acceptors (Lipinski definition) is 4. The molecule has 5 nitrogen and oxygen atoms in total. The van der Waals surface area contributed by atoms with E-state index in [1.54, 1.807) is 12.3 Å². The highest BCUT2D eigenvalue weighted by Gasteiger charge is 2.41. The van der Waals surface area contributed by atoms with Gasteiger partial charge in [-0.15, -0.1) is 5.16 Å². The molecule has 0 amide bonds. The molecule has 1 aliphatic carbocycles. The molecule has 0 saturated carbocycles. The Morgan fingerprint density at radius 3 is 2.82 bits per heavy atom. The number of oxime groups is 1. The minimum Gasteiger partial charge on any atom is -0.411 e. The van der Waals surface area contributed by atoms with Crippen LogP contribution in [0.3, 0.4) is 0 Å². The average molecular weight is 464 g/mol. The van der Waals surface area contributed by atoms with Crippen LogP contribution >= 0.6 is 0 Å². The summed E-state index contributed by atoms with van der Waals surface area (Å²) < 4.78 is 45.5. The molecule has 8 heteroatoms. The second kappa shape index (κ2) is 8.62. The summed E-state index contributed by atoms with van der Waals surface area (Å²) in [5.74, 6) is 1.18. The van der Waals surface area contributed by atoms with E-state index in [9.17, 15) is 18.4 Å². The van der Waals surface area contributed by atoms with Crippen LogP contribution in [0.15, 0.2) is 23.4 Å². The van der Waals surface area contributed by atoms with E-state index in [2.05, 4.69) is 22.0 Å². The molecule has 180 valence electrons. The molecule has 2 fully saturated rings. The number of nitrogens with one attached hydrogen (secondary N) is 1. The maximum Gasteiger partial charge on any atom is 0.416 e. The van der Waals surface area contributed by atoms with Crippen molar-refractivity contribution in [2.24, 2.45) is 22.4 Å². The van der Waals surface area contributed by atoms with Crippen molar-refractivity contribution < 1.29 is 23.1 Å². The SMILES string of the molecule is C[C@H]1c2c([nH]c3ccc(C(F)(F)F)cc23)C[C@H]2CCN(CCC3(/C=N/O)CCOCC3)CC21. The maximum absolute atomic E-state index is 13.3. The van der Waals surface area contributed by atoms with Gasteiger partial charge in [0, 0.05) is 48.0 Å². The molecule has 2 saturated heterocycles. The van der Waals surface area contributed by atoms with Crippen molar-refractivity contribution >= 4 is 17.1 Å². The first-order valence-corrected chi connectivity index (χ1v) is 12.0. The molecule has 1 aromatic carbocycles. The first-order valence-electron chi connectivity index (χ1n) is 12.0. The zero-order valence-electron chi connectivity index (χ0n) is 19.0. The van der Waals surface area contributed by atoms with Gasteiger partial charge in [-0.05, 0) is 86.7 Å². The summed E-state index contributed by atoms with van der Waals surface area (Å²) in [6, 6.07) is 4.08. The van der Waals surface area contributed by atoms with Crippen LogP contribution in [0.4, 0.5) is 13.2 Å². The Kier molecular flexibility index (Phi) is 5.93. The number of ether oxygens (including phenoxy) is 1. The summed E-state index contributed by atoms with van der Waals surface area (Å²) >= 11 is 0. The van der Waals surface area contributed by atoms with Crippen LogP contribution in [0.25, 0.3) is 10.9 Å². The topological polar surface area (TPSA) is 60.9 Å². The van der Waals surface area contributed by atoms with Crippen molar-refractivity contribution in [1.29, 1.82) is 0 Å². The Bertz CT molecular complexity index is 1030. The van der Waals surface area contributed by atoms with Gasteiger partial charge in [0.2, 0.25) is 0 Å². The Morgan fingerprint density at radius 1 is 1.30 bits per heavy atom. The summed E-state index contributed by atoms with van der Waals surface area (Å²) in [7, 11) is 0. The van der Waals surface area contributed by atoms with Gasteiger partial charge in [-0.3, -0.25) is 0 Å². The van der Waals surface area contributed by atoms with Gasteiger partial charge >= 0.3 is 6.18 Å². The van der Waals surface area contributed by atoms with E-state index in [4.69, 9.17) is 4.74 Å². The zero-order chi connectivity index (χ0) is 23.2. The molecule has 2 aliphatic heterocycles. The van der Waals surface area contributed by atoms with E-state index in [1.807, 2.05) is 0 Å². The van der Waals surface area contributed by atoms with Gasteiger partial charge in [-0.25, -0.2) is 0 Å². The lowest BCUT2D eigenvalue weighted by Gasteiger charge is -2.45. The number of likely N-dealkylation sites (tertiary alicyclic amines) is 1. The molecule has 0 radical (unpaired) electrons. The number of hydrogen-bond donors (Lipinski definition) is 2. The summed E-state index contributed by atoms with van der Waals surface area (Å²) in [4.78, 5) is 5.93. The minimum atomic E-state index is -4.33. The molecule has 2 N–H and O–H groups in total. The first-order chi connectivity index (χ1) is 15.8. The van der Waals surface area contributed by atoms with Gasteiger partial charge in [0.25, 0.3) is 0 Å². The fraction of sp³-hybridized carbons (Fsp3) is 0.640. The van der Waals surface area contributed by atoms with Gasteiger partial charge in [0.1, 0.15) is 0 Å². The monoisotopic (exact) mass is 463 g/mol. The number of fused-ring (bicyclic) bond motifs is 4. The van der Waals surface area contributed by atoms with Crippen molar-refractivity contribution in [2.45, 2.75) is 51.1 Å². The number of nitrogens with zero attached hydrogens (tertiary/aromatic N) is 2. The second-order valence-electron chi connectivity index (χ2n) is 10.3. The van der Waals surface area contributed by atoms with Gasteiger partial charge in [-0.1, -0.05) is 6.92 Å². The highest BCUT2D eigenvalue weighted by molar-refractivity contribution is 5.86. The quantitative estimate of drug-likeness (QED) is 0.361. The lowest BCUT2D eigenvalue weighted by Crippen LogP contribution is -2.46. The normalized spacial score (nSPS) is 28.2. The number of rotatable bonds is 4. The molecule has 3 aliphatic rings. The van der Waals surface area contributed by atoms with E-state index in [-0.39, 0.29) is 11.3 Å². The van der Waals surface area contributed by atoms with E-state index in [0.717, 1.165) is 73.9 Å². The molecule has 1 aromatic heterocycles. The molecule has 0 bridgehead atoms. The molecule has 3 atom stereocenters. The number of halogens is 3. The van der Waals surface area contributed by atoms with Crippen molar-refractivity contribution in [3.8, 4) is 0 Å². The van der Waals surface area contributed by atoms with Crippen LogP contribution in [0.1, 0.15) is 55.3 Å². The summed E-state index contributed by atoms with van der Waals surface area (Å²) in [6.45, 7) is 6.49. The molecule has 1 unspecified atom stereocenters. The highest BCUT2D eigenvalue weighted by Crippen LogP contribution is 2.47. The Labute approximate surface area is 192 Å². The second-order valence-corrected chi connectivity index (χ2v) is 10.3. The lowest BCUT2D eigenvalue weighted by molar-refractivity contribution is -0.137. The first kappa shape index (κ1) is 22.7. The summed E-state index contributed by atoms with van der Waals surface area (Å²) in [5, 5.41) is 13.3. The van der Waals surface area contributed by atoms with E-state index in [1.165, 1.54) is 12.1 Å². The predicted octanol–water partition coefficient (Wildman–Crippen LogP) is 5.43. The number of alkyl halides is 3. The fourth-order valence-corrected chi connectivity index (χ4v) is 6.45. The van der Waals surface area contributed by atoms with E-state index in [0.29, 0.717) is 25.0 Å². The van der Waals surface area contributed by atoms with Gasteiger partial charge in [-0.2, -0.15) is 13.2 Å². The highest BCUT2D eigenvalue weighted by atomic mass is 19.4. The molecule has 3 heterocycles. The molecular weight excluding hydrogens is 431 g/mol. The lowest BCUT2D eigenvalue weighted by atomic mass is 9.68. The third-order valence-electron chi connectivity index (χ3n) is 8.45. The van der Waals surface area contributed by atoms with Crippen LogP contribution in [-0.4, -0.2) is 54.2 Å². The van der Waals surface area contributed by atoms with E-state index < -0.39 is 11.7 Å². The third-order valence-corrected chi connectivity index (χ3v) is 8.45. The standard InChI is InChI=1S/C25H32F3N3O2/c1-16-20-14-31(9-5-24(15-29-32)6-10-33-11-7-24)8-4-17(20)12-22-23(16)19-13-18(25(26,27)28)2-3-21(19)30-22/h2-3,13,15-17,20,30,32H,4-12,14H2,1H3/b29-15+/t16-,17-,20?/m1/s1. The number of piperidine rings is 1. The van der Waals surface area contributed by atoms with Crippen molar-refractivity contribution in [3.05, 3.63) is 35.0 Å². The zero-order valence-corrected chi connectivity index (χ0v) is 19.0. The summed E-state index contributed by atoms with van der Waals surface area (Å²) in [5.41, 5.74) is 2.31. The van der Waals surface area contributed by atoms with Crippen molar-refractivity contribution in [2.75, 3.05) is 32.8 Å². The molecule has 2 aromatic rings. The van der Waals surface area contributed by atoms with Crippen molar-refractivity contribution in [1.82, 2.24) is 9.88 Å². The number of aromatic amines is 1. The predicted molar refractivity (Wildman–Crippen MR) is 121 cm³/mol. The van der Waals surface area contributed by atoms with Gasteiger partial charge < -0.3 is 19.8 Å². The Balaban J connectivity index is 1.34. The van der Waals surface area contributed by atoms with E-state index >= 15 is 0 Å². The largest absolute Gasteiger partial charge is 0.416 e. The van der Waals surface area contributed by atoms with Gasteiger partial charge in [0.05, 0.1) is 5.56 Å². The Morgan fingerprint density at radius 2 is 2.09 bits per heavy atom. The fourth-order valence-electron chi connectivity index (χ4n) is 6.45. The number of benzene rings is 1.